The lowest BCUT2D eigenvalue weighted by molar-refractivity contribution is -0.117. The van der Waals surface area contributed by atoms with E-state index in [4.69, 9.17) is 0 Å². The number of rotatable bonds is 7. The van der Waals surface area contributed by atoms with Gasteiger partial charge in [-0.3, -0.25) is 4.79 Å². The summed E-state index contributed by atoms with van der Waals surface area (Å²) in [5.74, 6) is -0.415. The standard InChI is InChI=1S/C25H23N3O/c1-19-9-8-10-20(15-19)17-27-18-23(16-26)25(29)28-24(21-11-4-2-5-12-21)22-13-6-3-7-14-22/h2-15,18,24,27H,17H2,1H3,(H,28,29)/b23-18-. The number of benzene rings is 3. The summed E-state index contributed by atoms with van der Waals surface area (Å²) in [6.45, 7) is 2.57. The van der Waals surface area contributed by atoms with E-state index < -0.39 is 5.91 Å². The van der Waals surface area contributed by atoms with E-state index >= 15 is 0 Å². The van der Waals surface area contributed by atoms with Crippen molar-refractivity contribution >= 4 is 5.91 Å². The molecule has 0 saturated heterocycles. The summed E-state index contributed by atoms with van der Waals surface area (Å²) in [7, 11) is 0. The number of hydrogen-bond donors (Lipinski definition) is 2. The maximum atomic E-state index is 12.8. The zero-order valence-corrected chi connectivity index (χ0v) is 16.3. The molecular formula is C25H23N3O. The molecule has 3 rings (SSSR count). The van der Waals surface area contributed by atoms with Crippen LogP contribution in [0, 0.1) is 18.3 Å². The summed E-state index contributed by atoms with van der Waals surface area (Å²) in [6, 6.07) is 29.2. The summed E-state index contributed by atoms with van der Waals surface area (Å²) < 4.78 is 0. The minimum Gasteiger partial charge on any atom is -0.386 e. The van der Waals surface area contributed by atoms with Gasteiger partial charge in [-0.05, 0) is 23.6 Å². The zero-order valence-electron chi connectivity index (χ0n) is 16.3. The molecule has 144 valence electrons. The second-order valence-corrected chi connectivity index (χ2v) is 6.77. The molecule has 0 aliphatic rings. The number of nitriles is 1. The van der Waals surface area contributed by atoms with Gasteiger partial charge in [0.05, 0.1) is 6.04 Å². The Morgan fingerprint density at radius 3 is 2.14 bits per heavy atom. The van der Waals surface area contributed by atoms with Crippen LogP contribution in [0.25, 0.3) is 0 Å². The van der Waals surface area contributed by atoms with Crippen LogP contribution in [0.5, 0.6) is 0 Å². The van der Waals surface area contributed by atoms with Gasteiger partial charge in [-0.25, -0.2) is 0 Å². The number of aryl methyl sites for hydroxylation is 1. The van der Waals surface area contributed by atoms with Crippen molar-refractivity contribution in [3.05, 3.63) is 119 Å². The van der Waals surface area contributed by atoms with Crippen LogP contribution in [0.15, 0.2) is 96.7 Å². The average molecular weight is 381 g/mol. The molecule has 0 spiro atoms. The van der Waals surface area contributed by atoms with Crippen LogP contribution in [-0.4, -0.2) is 5.91 Å². The molecule has 3 aromatic rings. The molecule has 3 aromatic carbocycles. The molecule has 0 aliphatic heterocycles. The predicted molar refractivity (Wildman–Crippen MR) is 115 cm³/mol. The van der Waals surface area contributed by atoms with E-state index in [1.165, 1.54) is 11.8 Å². The lowest BCUT2D eigenvalue weighted by Crippen LogP contribution is -2.30. The van der Waals surface area contributed by atoms with Crippen LogP contribution in [0.2, 0.25) is 0 Å². The Kier molecular flexibility index (Phi) is 6.80. The highest BCUT2D eigenvalue weighted by molar-refractivity contribution is 5.97. The predicted octanol–water partition coefficient (Wildman–Crippen LogP) is 4.40. The molecule has 0 radical (unpaired) electrons. The van der Waals surface area contributed by atoms with Crippen molar-refractivity contribution in [3.63, 3.8) is 0 Å². The van der Waals surface area contributed by atoms with E-state index in [-0.39, 0.29) is 11.6 Å². The van der Waals surface area contributed by atoms with E-state index in [9.17, 15) is 10.1 Å². The first kappa shape index (κ1) is 19.9. The first-order valence-electron chi connectivity index (χ1n) is 9.47. The molecule has 0 bridgehead atoms. The molecule has 0 unspecified atom stereocenters. The summed E-state index contributed by atoms with van der Waals surface area (Å²) in [6.07, 6.45) is 1.48. The fourth-order valence-electron chi connectivity index (χ4n) is 3.10. The first-order chi connectivity index (χ1) is 14.2. The number of nitrogens with one attached hydrogen (secondary N) is 2. The Morgan fingerprint density at radius 2 is 1.59 bits per heavy atom. The monoisotopic (exact) mass is 381 g/mol. The minimum atomic E-state index is -0.415. The van der Waals surface area contributed by atoms with Gasteiger partial charge in [0, 0.05) is 12.7 Å². The van der Waals surface area contributed by atoms with Gasteiger partial charge in [0.15, 0.2) is 0 Å². The van der Waals surface area contributed by atoms with Crippen molar-refractivity contribution in [1.82, 2.24) is 10.6 Å². The molecule has 0 aromatic heterocycles. The summed E-state index contributed by atoms with van der Waals surface area (Å²) in [4.78, 5) is 12.8. The minimum absolute atomic E-state index is 0.0366. The molecule has 0 atom stereocenters. The summed E-state index contributed by atoms with van der Waals surface area (Å²) in [5, 5.41) is 15.5. The molecule has 4 nitrogen and oxygen atoms in total. The van der Waals surface area contributed by atoms with E-state index in [1.54, 1.807) is 0 Å². The fraction of sp³-hybridized carbons (Fsp3) is 0.120. The van der Waals surface area contributed by atoms with E-state index in [0.717, 1.165) is 16.7 Å². The van der Waals surface area contributed by atoms with Gasteiger partial charge in [0.1, 0.15) is 11.6 Å². The van der Waals surface area contributed by atoms with Crippen LogP contribution in [0.3, 0.4) is 0 Å². The second-order valence-electron chi connectivity index (χ2n) is 6.77. The lowest BCUT2D eigenvalue weighted by atomic mass is 9.98. The molecule has 0 heterocycles. The number of hydrogen-bond acceptors (Lipinski definition) is 3. The van der Waals surface area contributed by atoms with Gasteiger partial charge in [-0.15, -0.1) is 0 Å². The molecule has 0 aliphatic carbocycles. The summed E-state index contributed by atoms with van der Waals surface area (Å²) in [5.41, 5.74) is 4.20. The topological polar surface area (TPSA) is 64.9 Å². The molecule has 1 amide bonds. The maximum Gasteiger partial charge on any atom is 0.264 e. The van der Waals surface area contributed by atoms with Crippen LogP contribution in [-0.2, 0) is 11.3 Å². The average Bonchev–Trinajstić information content (AvgIpc) is 2.76. The summed E-state index contributed by atoms with van der Waals surface area (Å²) >= 11 is 0. The Hall–Kier alpha value is -3.84. The highest BCUT2D eigenvalue weighted by Gasteiger charge is 2.19. The largest absolute Gasteiger partial charge is 0.386 e. The van der Waals surface area contributed by atoms with Gasteiger partial charge in [-0.2, -0.15) is 5.26 Å². The quantitative estimate of drug-likeness (QED) is 0.471. The smallest absolute Gasteiger partial charge is 0.264 e. The Bertz CT molecular complexity index is 981. The third kappa shape index (κ3) is 5.57. The van der Waals surface area contributed by atoms with Crippen molar-refractivity contribution in [2.75, 3.05) is 0 Å². The number of carbonyl (C=O) groups excluding carboxylic acids is 1. The second kappa shape index (κ2) is 9.91. The maximum absolute atomic E-state index is 12.8. The van der Waals surface area contributed by atoms with Crippen LogP contribution >= 0.6 is 0 Å². The van der Waals surface area contributed by atoms with Crippen molar-refractivity contribution in [2.24, 2.45) is 0 Å². The normalized spacial score (nSPS) is 11.0. The molecular weight excluding hydrogens is 358 g/mol. The lowest BCUT2D eigenvalue weighted by Gasteiger charge is -2.19. The van der Waals surface area contributed by atoms with Crippen molar-refractivity contribution in [2.45, 2.75) is 19.5 Å². The fourth-order valence-corrected chi connectivity index (χ4v) is 3.10. The van der Waals surface area contributed by atoms with Crippen LogP contribution in [0.1, 0.15) is 28.3 Å². The van der Waals surface area contributed by atoms with Crippen molar-refractivity contribution in [3.8, 4) is 6.07 Å². The van der Waals surface area contributed by atoms with Crippen molar-refractivity contribution in [1.29, 1.82) is 5.26 Å². The van der Waals surface area contributed by atoms with E-state index in [0.29, 0.717) is 6.54 Å². The van der Waals surface area contributed by atoms with Crippen LogP contribution in [0.4, 0.5) is 0 Å². The zero-order chi connectivity index (χ0) is 20.5. The van der Waals surface area contributed by atoms with E-state index in [2.05, 4.69) is 16.7 Å². The third-order valence-corrected chi connectivity index (χ3v) is 4.54. The first-order valence-corrected chi connectivity index (χ1v) is 9.47. The van der Waals surface area contributed by atoms with Crippen LogP contribution < -0.4 is 10.6 Å². The third-order valence-electron chi connectivity index (χ3n) is 4.54. The van der Waals surface area contributed by atoms with Gasteiger partial charge in [0.25, 0.3) is 5.91 Å². The Labute approximate surface area is 171 Å². The molecule has 2 N–H and O–H groups in total. The van der Waals surface area contributed by atoms with E-state index in [1.807, 2.05) is 91.9 Å². The molecule has 0 fully saturated rings. The van der Waals surface area contributed by atoms with Gasteiger partial charge in [-0.1, -0.05) is 90.5 Å². The highest BCUT2D eigenvalue weighted by Crippen LogP contribution is 2.22. The highest BCUT2D eigenvalue weighted by atomic mass is 16.1. The van der Waals surface area contributed by atoms with Gasteiger partial charge in [0.2, 0.25) is 0 Å². The SMILES string of the molecule is Cc1cccc(CN/C=C(/C#N)C(=O)NC(c2ccccc2)c2ccccc2)c1. The van der Waals surface area contributed by atoms with Gasteiger partial charge >= 0.3 is 0 Å². The number of amides is 1. The Morgan fingerprint density at radius 1 is 0.966 bits per heavy atom. The molecule has 0 saturated carbocycles. The number of carbonyl (C=O) groups is 1. The van der Waals surface area contributed by atoms with Gasteiger partial charge < -0.3 is 10.6 Å². The molecule has 4 heteroatoms. The van der Waals surface area contributed by atoms with Crippen molar-refractivity contribution < 1.29 is 4.79 Å². The number of nitrogens with zero attached hydrogens (tertiary/aromatic N) is 1. The molecule has 29 heavy (non-hydrogen) atoms. The Balaban J connectivity index is 1.74.